The van der Waals surface area contributed by atoms with E-state index in [1.807, 2.05) is 49.4 Å². The van der Waals surface area contributed by atoms with E-state index < -0.39 is 5.97 Å². The molecule has 2 aromatic carbocycles. The summed E-state index contributed by atoms with van der Waals surface area (Å²) in [7, 11) is 0. The first-order chi connectivity index (χ1) is 9.58. The average molecular weight is 270 g/mol. The van der Waals surface area contributed by atoms with Gasteiger partial charge in [0.1, 0.15) is 5.75 Å². The van der Waals surface area contributed by atoms with E-state index in [-0.39, 0.29) is 6.10 Å². The Balaban J connectivity index is 2.12. The van der Waals surface area contributed by atoms with Crippen LogP contribution in [0.4, 0.5) is 0 Å². The topological polar surface area (TPSA) is 46.5 Å². The predicted molar refractivity (Wildman–Crippen MR) is 80.0 cm³/mol. The third-order valence-corrected chi connectivity index (χ3v) is 3.17. The number of aliphatic carboxylic acids is 1. The molecule has 0 amide bonds. The summed E-state index contributed by atoms with van der Waals surface area (Å²) >= 11 is 0. The van der Waals surface area contributed by atoms with Gasteiger partial charge in [0, 0.05) is 17.4 Å². The SMILES string of the molecule is CC(=CCC(C)Oc1cccc2ccccc12)C(=O)O. The van der Waals surface area contributed by atoms with E-state index in [4.69, 9.17) is 9.84 Å². The monoisotopic (exact) mass is 270 g/mol. The molecule has 20 heavy (non-hydrogen) atoms. The molecule has 2 aromatic rings. The number of carboxylic acids is 1. The molecule has 2 rings (SSSR count). The van der Waals surface area contributed by atoms with Crippen molar-refractivity contribution in [1.82, 2.24) is 0 Å². The number of rotatable bonds is 5. The van der Waals surface area contributed by atoms with E-state index in [9.17, 15) is 4.79 Å². The summed E-state index contributed by atoms with van der Waals surface area (Å²) < 4.78 is 5.92. The van der Waals surface area contributed by atoms with Crippen LogP contribution in [0.25, 0.3) is 10.8 Å². The molecule has 104 valence electrons. The van der Waals surface area contributed by atoms with Gasteiger partial charge in [-0.3, -0.25) is 0 Å². The number of fused-ring (bicyclic) bond motifs is 1. The van der Waals surface area contributed by atoms with Gasteiger partial charge >= 0.3 is 5.97 Å². The van der Waals surface area contributed by atoms with Crippen LogP contribution in [0.15, 0.2) is 54.1 Å². The summed E-state index contributed by atoms with van der Waals surface area (Å²) in [4.78, 5) is 10.7. The lowest BCUT2D eigenvalue weighted by Gasteiger charge is -2.15. The molecular weight excluding hydrogens is 252 g/mol. The molecule has 0 aliphatic rings. The van der Waals surface area contributed by atoms with Crippen LogP contribution < -0.4 is 4.74 Å². The van der Waals surface area contributed by atoms with Crippen LogP contribution in [-0.4, -0.2) is 17.2 Å². The summed E-state index contributed by atoms with van der Waals surface area (Å²) in [6.07, 6.45) is 2.19. The molecule has 0 aliphatic heterocycles. The van der Waals surface area contributed by atoms with E-state index in [1.165, 1.54) is 0 Å². The molecule has 0 radical (unpaired) electrons. The molecule has 0 aromatic heterocycles. The number of benzene rings is 2. The van der Waals surface area contributed by atoms with Crippen LogP contribution in [0.3, 0.4) is 0 Å². The van der Waals surface area contributed by atoms with Gasteiger partial charge < -0.3 is 9.84 Å². The lowest BCUT2D eigenvalue weighted by molar-refractivity contribution is -0.132. The van der Waals surface area contributed by atoms with E-state index in [0.717, 1.165) is 16.5 Å². The minimum atomic E-state index is -0.887. The molecule has 3 nitrogen and oxygen atoms in total. The van der Waals surface area contributed by atoms with Gasteiger partial charge in [-0.05, 0) is 25.3 Å². The molecular formula is C17H18O3. The van der Waals surface area contributed by atoms with E-state index in [2.05, 4.69) is 0 Å². The van der Waals surface area contributed by atoms with Crippen LogP contribution in [0.2, 0.25) is 0 Å². The van der Waals surface area contributed by atoms with Crippen LogP contribution in [0, 0.1) is 0 Å². The summed E-state index contributed by atoms with van der Waals surface area (Å²) in [5.74, 6) is -0.0562. The summed E-state index contributed by atoms with van der Waals surface area (Å²) in [6, 6.07) is 14.0. The Kier molecular flexibility index (Phi) is 4.41. The van der Waals surface area contributed by atoms with Crippen molar-refractivity contribution in [2.45, 2.75) is 26.4 Å². The van der Waals surface area contributed by atoms with Crippen molar-refractivity contribution in [3.63, 3.8) is 0 Å². The van der Waals surface area contributed by atoms with Gasteiger partial charge in [0.15, 0.2) is 0 Å². The summed E-state index contributed by atoms with van der Waals surface area (Å²) in [6.45, 7) is 3.53. The second kappa shape index (κ2) is 6.24. The molecule has 1 unspecified atom stereocenters. The summed E-state index contributed by atoms with van der Waals surface area (Å²) in [5, 5.41) is 11.0. The Morgan fingerprint density at radius 2 is 1.95 bits per heavy atom. The van der Waals surface area contributed by atoms with Crippen molar-refractivity contribution in [3.8, 4) is 5.75 Å². The number of hydrogen-bond donors (Lipinski definition) is 1. The molecule has 0 aliphatic carbocycles. The van der Waals surface area contributed by atoms with Crippen molar-refractivity contribution >= 4 is 16.7 Å². The van der Waals surface area contributed by atoms with Crippen molar-refractivity contribution in [3.05, 3.63) is 54.1 Å². The normalized spacial score (nSPS) is 13.2. The first-order valence-corrected chi connectivity index (χ1v) is 6.62. The molecule has 0 saturated carbocycles. The largest absolute Gasteiger partial charge is 0.490 e. The third-order valence-electron chi connectivity index (χ3n) is 3.17. The molecule has 0 heterocycles. The van der Waals surface area contributed by atoms with Gasteiger partial charge in [0.2, 0.25) is 0 Å². The maximum Gasteiger partial charge on any atom is 0.330 e. The highest BCUT2D eigenvalue weighted by Crippen LogP contribution is 2.26. The second-order valence-electron chi connectivity index (χ2n) is 4.83. The van der Waals surface area contributed by atoms with Gasteiger partial charge in [0.05, 0.1) is 6.10 Å². The fraction of sp³-hybridized carbons (Fsp3) is 0.235. The Labute approximate surface area is 118 Å². The smallest absolute Gasteiger partial charge is 0.330 e. The average Bonchev–Trinajstić information content (AvgIpc) is 2.45. The van der Waals surface area contributed by atoms with Gasteiger partial charge in [-0.25, -0.2) is 4.79 Å². The lowest BCUT2D eigenvalue weighted by atomic mass is 10.1. The lowest BCUT2D eigenvalue weighted by Crippen LogP contribution is -2.11. The quantitative estimate of drug-likeness (QED) is 0.834. The Morgan fingerprint density at radius 3 is 2.70 bits per heavy atom. The van der Waals surface area contributed by atoms with Gasteiger partial charge in [0.25, 0.3) is 0 Å². The van der Waals surface area contributed by atoms with Crippen LogP contribution in [0.1, 0.15) is 20.3 Å². The van der Waals surface area contributed by atoms with Crippen LogP contribution >= 0.6 is 0 Å². The van der Waals surface area contributed by atoms with E-state index in [1.54, 1.807) is 13.0 Å². The van der Waals surface area contributed by atoms with Crippen LogP contribution in [-0.2, 0) is 4.79 Å². The minimum absolute atomic E-state index is 0.0740. The predicted octanol–water partition coefficient (Wildman–Crippen LogP) is 4.03. The fourth-order valence-electron chi connectivity index (χ4n) is 1.99. The maximum atomic E-state index is 10.7. The van der Waals surface area contributed by atoms with E-state index >= 15 is 0 Å². The van der Waals surface area contributed by atoms with Gasteiger partial charge in [-0.2, -0.15) is 0 Å². The first kappa shape index (κ1) is 14.1. The molecule has 1 N–H and O–H groups in total. The number of carboxylic acid groups (broad SMARTS) is 1. The van der Waals surface area contributed by atoms with Crippen LogP contribution in [0.5, 0.6) is 5.75 Å². The maximum absolute atomic E-state index is 10.7. The number of carbonyl (C=O) groups is 1. The van der Waals surface area contributed by atoms with Gasteiger partial charge in [-0.1, -0.05) is 42.5 Å². The Hall–Kier alpha value is -2.29. The zero-order valence-electron chi connectivity index (χ0n) is 11.7. The molecule has 1 atom stereocenters. The van der Waals surface area contributed by atoms with Crippen molar-refractivity contribution in [2.75, 3.05) is 0 Å². The van der Waals surface area contributed by atoms with Crippen molar-refractivity contribution in [1.29, 1.82) is 0 Å². The zero-order valence-corrected chi connectivity index (χ0v) is 11.7. The minimum Gasteiger partial charge on any atom is -0.490 e. The number of ether oxygens (including phenoxy) is 1. The molecule has 0 fully saturated rings. The fourth-order valence-corrected chi connectivity index (χ4v) is 1.99. The van der Waals surface area contributed by atoms with E-state index in [0.29, 0.717) is 12.0 Å². The molecule has 0 spiro atoms. The Bertz CT molecular complexity index is 638. The highest BCUT2D eigenvalue weighted by molar-refractivity contribution is 5.88. The van der Waals surface area contributed by atoms with Gasteiger partial charge in [-0.15, -0.1) is 0 Å². The highest BCUT2D eigenvalue weighted by atomic mass is 16.5. The standard InChI is InChI=1S/C17H18O3/c1-12(17(18)19)10-11-13(2)20-16-9-5-7-14-6-3-4-8-15(14)16/h3-10,13H,11H2,1-2H3,(H,18,19). The zero-order chi connectivity index (χ0) is 14.5. The third kappa shape index (κ3) is 3.38. The molecule has 3 heteroatoms. The summed E-state index contributed by atoms with van der Waals surface area (Å²) in [5.41, 5.74) is 0.346. The van der Waals surface area contributed by atoms with Crippen molar-refractivity contribution in [2.24, 2.45) is 0 Å². The molecule has 0 bridgehead atoms. The Morgan fingerprint density at radius 1 is 1.25 bits per heavy atom. The second-order valence-corrected chi connectivity index (χ2v) is 4.83. The molecule has 0 saturated heterocycles. The highest BCUT2D eigenvalue weighted by Gasteiger charge is 2.07. The first-order valence-electron chi connectivity index (χ1n) is 6.62. The number of hydrogen-bond acceptors (Lipinski definition) is 2. The van der Waals surface area contributed by atoms with Crippen molar-refractivity contribution < 1.29 is 14.6 Å².